The molecule has 0 aliphatic carbocycles. The van der Waals surface area contributed by atoms with Crippen molar-refractivity contribution in [3.63, 3.8) is 0 Å². The number of aromatic nitrogens is 2. The predicted molar refractivity (Wildman–Crippen MR) is 135 cm³/mol. The summed E-state index contributed by atoms with van der Waals surface area (Å²) in [6, 6.07) is 14.1. The van der Waals surface area contributed by atoms with Crippen LogP contribution in [0.3, 0.4) is 0 Å². The van der Waals surface area contributed by atoms with Crippen LogP contribution in [0.4, 0.5) is 11.4 Å². The van der Waals surface area contributed by atoms with Crippen LogP contribution in [-0.2, 0) is 4.74 Å². The Morgan fingerprint density at radius 1 is 1.11 bits per heavy atom. The summed E-state index contributed by atoms with van der Waals surface area (Å²) in [5.41, 5.74) is 2.34. The highest BCUT2D eigenvalue weighted by Crippen LogP contribution is 2.31. The van der Waals surface area contributed by atoms with Crippen LogP contribution in [0.25, 0.3) is 16.9 Å². The summed E-state index contributed by atoms with van der Waals surface area (Å²) in [5.74, 6) is 0.661. The van der Waals surface area contributed by atoms with Gasteiger partial charge in [-0.3, -0.25) is 14.9 Å². The van der Waals surface area contributed by atoms with E-state index in [4.69, 9.17) is 9.47 Å². The molecular formula is C26H30N4O5. The van der Waals surface area contributed by atoms with Crippen molar-refractivity contribution in [2.24, 2.45) is 0 Å². The molecule has 4 rings (SSSR count). The summed E-state index contributed by atoms with van der Waals surface area (Å²) in [4.78, 5) is 27.3. The zero-order valence-electron chi connectivity index (χ0n) is 20.3. The first-order chi connectivity index (χ1) is 17.0. The van der Waals surface area contributed by atoms with Crippen LogP contribution in [0.2, 0.25) is 0 Å². The average Bonchev–Trinajstić information content (AvgIpc) is 2.90. The number of morpholine rings is 1. The monoisotopic (exact) mass is 478 g/mol. The summed E-state index contributed by atoms with van der Waals surface area (Å²) >= 11 is 0. The van der Waals surface area contributed by atoms with E-state index in [1.54, 1.807) is 19.2 Å². The van der Waals surface area contributed by atoms with E-state index in [0.717, 1.165) is 24.1 Å². The van der Waals surface area contributed by atoms with Gasteiger partial charge in [0.05, 0.1) is 30.9 Å². The van der Waals surface area contributed by atoms with Crippen molar-refractivity contribution < 1.29 is 14.4 Å². The lowest BCUT2D eigenvalue weighted by molar-refractivity contribution is -0.384. The molecule has 1 aliphatic heterocycles. The van der Waals surface area contributed by atoms with Gasteiger partial charge >= 0.3 is 0 Å². The number of nitro benzene ring substituents is 1. The van der Waals surface area contributed by atoms with E-state index in [-0.39, 0.29) is 22.9 Å². The second-order valence-electron chi connectivity index (χ2n) is 8.48. The Bertz CT molecular complexity index is 1260. The molecule has 2 aromatic carbocycles. The lowest BCUT2D eigenvalue weighted by atomic mass is 9.94. The quantitative estimate of drug-likeness (QED) is 0.346. The van der Waals surface area contributed by atoms with Gasteiger partial charge in [-0.1, -0.05) is 26.0 Å². The van der Waals surface area contributed by atoms with Crippen LogP contribution in [0.15, 0.2) is 53.3 Å². The third-order valence-electron chi connectivity index (χ3n) is 6.49. The van der Waals surface area contributed by atoms with E-state index in [2.05, 4.69) is 10.00 Å². The molecule has 0 unspecified atom stereocenters. The van der Waals surface area contributed by atoms with Gasteiger partial charge in [-0.05, 0) is 49.1 Å². The Labute approximate surface area is 204 Å². The molecule has 0 spiro atoms. The molecule has 9 heteroatoms. The number of rotatable bonds is 8. The Hall–Kier alpha value is -3.72. The van der Waals surface area contributed by atoms with E-state index < -0.39 is 4.92 Å². The smallest absolute Gasteiger partial charge is 0.295 e. The molecule has 184 valence electrons. The number of hydrogen-bond donors (Lipinski definition) is 0. The predicted octanol–water partition coefficient (Wildman–Crippen LogP) is 4.56. The molecule has 0 saturated carbocycles. The van der Waals surface area contributed by atoms with Gasteiger partial charge < -0.3 is 14.4 Å². The topological polar surface area (TPSA) is 99.7 Å². The van der Waals surface area contributed by atoms with Gasteiger partial charge in [-0.15, -0.1) is 0 Å². The third-order valence-corrected chi connectivity index (χ3v) is 6.49. The fourth-order valence-corrected chi connectivity index (χ4v) is 4.48. The zero-order valence-corrected chi connectivity index (χ0v) is 20.3. The first kappa shape index (κ1) is 24.4. The normalized spacial score (nSPS) is 13.8. The van der Waals surface area contributed by atoms with E-state index in [1.165, 1.54) is 10.7 Å². The van der Waals surface area contributed by atoms with Crippen LogP contribution < -0.4 is 15.2 Å². The van der Waals surface area contributed by atoms with E-state index in [9.17, 15) is 14.9 Å². The lowest BCUT2D eigenvalue weighted by Gasteiger charge is -2.29. The molecule has 0 bridgehead atoms. The Morgan fingerprint density at radius 2 is 1.86 bits per heavy atom. The van der Waals surface area contributed by atoms with Crippen molar-refractivity contribution in [1.29, 1.82) is 0 Å². The van der Waals surface area contributed by atoms with Crippen molar-refractivity contribution in [2.45, 2.75) is 32.6 Å². The number of nitrogens with zero attached hydrogens (tertiary/aromatic N) is 4. The number of ether oxygens (including phenoxy) is 2. The van der Waals surface area contributed by atoms with Gasteiger partial charge in [-0.2, -0.15) is 9.78 Å². The fraction of sp³-hybridized carbons (Fsp3) is 0.385. The molecule has 35 heavy (non-hydrogen) atoms. The maximum Gasteiger partial charge on any atom is 0.295 e. The first-order valence-electron chi connectivity index (χ1n) is 11.9. The van der Waals surface area contributed by atoms with E-state index >= 15 is 0 Å². The molecule has 1 aromatic heterocycles. The summed E-state index contributed by atoms with van der Waals surface area (Å²) in [6.07, 6.45) is 1.53. The largest absolute Gasteiger partial charge is 0.497 e. The standard InChI is InChI=1S/C26H30N4O5/c1-4-18(5-2)22-17-23(19-7-6-8-21(15-19)34-3)27-29(26(22)31)25-16-20(9-10-24(25)30(32)33)28-11-13-35-14-12-28/h6-10,15-18H,4-5,11-14H2,1-3H3. The number of anilines is 1. The van der Waals surface area contributed by atoms with Gasteiger partial charge in [0.1, 0.15) is 11.4 Å². The van der Waals surface area contributed by atoms with Crippen molar-refractivity contribution in [3.05, 3.63) is 74.6 Å². The molecule has 0 N–H and O–H groups in total. The maximum absolute atomic E-state index is 13.7. The van der Waals surface area contributed by atoms with Crippen molar-refractivity contribution in [3.8, 4) is 22.7 Å². The number of methoxy groups -OCH3 is 1. The number of hydrogen-bond acceptors (Lipinski definition) is 7. The van der Waals surface area contributed by atoms with Crippen LogP contribution >= 0.6 is 0 Å². The average molecular weight is 479 g/mol. The second-order valence-corrected chi connectivity index (χ2v) is 8.48. The van der Waals surface area contributed by atoms with Crippen LogP contribution in [0, 0.1) is 10.1 Å². The SMILES string of the molecule is CCC(CC)c1cc(-c2cccc(OC)c2)nn(-c2cc(N3CCOCC3)ccc2[N+](=O)[O-])c1=O. The van der Waals surface area contributed by atoms with Crippen molar-refractivity contribution in [2.75, 3.05) is 38.3 Å². The van der Waals surface area contributed by atoms with Crippen LogP contribution in [0.5, 0.6) is 5.75 Å². The maximum atomic E-state index is 13.7. The van der Waals surface area contributed by atoms with Gasteiger partial charge in [0.25, 0.3) is 11.2 Å². The van der Waals surface area contributed by atoms with Gasteiger partial charge in [0.2, 0.25) is 0 Å². The molecule has 0 atom stereocenters. The van der Waals surface area contributed by atoms with Gasteiger partial charge in [0.15, 0.2) is 0 Å². The molecule has 2 heterocycles. The molecule has 1 fully saturated rings. The van der Waals surface area contributed by atoms with Gasteiger partial charge in [-0.25, -0.2) is 0 Å². The summed E-state index contributed by atoms with van der Waals surface area (Å²) < 4.78 is 12.0. The van der Waals surface area contributed by atoms with Crippen LogP contribution in [-0.4, -0.2) is 48.1 Å². The zero-order chi connectivity index (χ0) is 24.9. The molecule has 0 amide bonds. The van der Waals surface area contributed by atoms with Gasteiger partial charge in [0, 0.05) is 36.0 Å². The first-order valence-corrected chi connectivity index (χ1v) is 11.9. The highest BCUT2D eigenvalue weighted by atomic mass is 16.6. The second kappa shape index (κ2) is 10.7. The summed E-state index contributed by atoms with van der Waals surface area (Å²) in [5, 5.41) is 16.6. The molecule has 9 nitrogen and oxygen atoms in total. The Morgan fingerprint density at radius 3 is 2.51 bits per heavy atom. The fourth-order valence-electron chi connectivity index (χ4n) is 4.48. The lowest BCUT2D eigenvalue weighted by Crippen LogP contribution is -2.36. The molecule has 0 radical (unpaired) electrons. The highest BCUT2D eigenvalue weighted by molar-refractivity contribution is 5.65. The third kappa shape index (κ3) is 5.05. The van der Waals surface area contributed by atoms with E-state index in [0.29, 0.717) is 43.3 Å². The minimum Gasteiger partial charge on any atom is -0.497 e. The molecule has 1 saturated heterocycles. The van der Waals surface area contributed by atoms with Crippen molar-refractivity contribution in [1.82, 2.24) is 9.78 Å². The summed E-state index contributed by atoms with van der Waals surface area (Å²) in [6.45, 7) is 6.56. The molecule has 1 aliphatic rings. The number of benzene rings is 2. The molecular weight excluding hydrogens is 448 g/mol. The minimum absolute atomic E-state index is 0.00240. The summed E-state index contributed by atoms with van der Waals surface area (Å²) in [7, 11) is 1.59. The van der Waals surface area contributed by atoms with Crippen LogP contribution in [0.1, 0.15) is 38.2 Å². The minimum atomic E-state index is -0.471. The Kier molecular flexibility index (Phi) is 7.45. The number of nitro groups is 1. The highest BCUT2D eigenvalue weighted by Gasteiger charge is 2.24. The Balaban J connectivity index is 1.96. The molecule has 3 aromatic rings. The van der Waals surface area contributed by atoms with E-state index in [1.807, 2.05) is 44.2 Å². The van der Waals surface area contributed by atoms with Crippen molar-refractivity contribution >= 4 is 11.4 Å².